The second-order valence-corrected chi connectivity index (χ2v) is 3.01. The van der Waals surface area contributed by atoms with Gasteiger partial charge in [-0.15, -0.1) is 0 Å². The lowest BCUT2D eigenvalue weighted by molar-refractivity contribution is 0.0690. The summed E-state index contributed by atoms with van der Waals surface area (Å²) < 4.78 is 1.39. The number of hydrogen-bond acceptors (Lipinski definition) is 3. The van der Waals surface area contributed by atoms with E-state index in [1.807, 2.05) is 18.2 Å². The fourth-order valence-corrected chi connectivity index (χ4v) is 1.28. The largest absolute Gasteiger partial charge is 0.476 e. The first kappa shape index (κ1) is 9.26. The molecule has 2 aromatic rings. The lowest BCUT2D eigenvalue weighted by Crippen LogP contribution is -2.03. The minimum Gasteiger partial charge on any atom is -0.476 e. The number of carboxylic acids is 1. The first-order chi connectivity index (χ1) is 7.18. The highest BCUT2D eigenvalue weighted by molar-refractivity contribution is 5.86. The molecule has 1 aromatic heterocycles. The van der Waals surface area contributed by atoms with Crippen LogP contribution in [0.5, 0.6) is 0 Å². The number of aromatic carboxylic acids is 1. The van der Waals surface area contributed by atoms with Gasteiger partial charge in [0.2, 0.25) is 0 Å². The van der Waals surface area contributed by atoms with Gasteiger partial charge in [0, 0.05) is 6.07 Å². The molecule has 76 valence electrons. The molecule has 0 aliphatic carbocycles. The van der Waals surface area contributed by atoms with E-state index in [0.29, 0.717) is 5.82 Å². The SMILES string of the molecule is Nc1cc(C(=O)O)nn1-c1ccccc1. The lowest BCUT2D eigenvalue weighted by atomic mass is 10.3. The van der Waals surface area contributed by atoms with Gasteiger partial charge in [0.05, 0.1) is 5.69 Å². The second kappa shape index (κ2) is 3.45. The number of nitrogens with zero attached hydrogens (tertiary/aromatic N) is 2. The summed E-state index contributed by atoms with van der Waals surface area (Å²) in [7, 11) is 0. The van der Waals surface area contributed by atoms with Crippen molar-refractivity contribution in [1.29, 1.82) is 0 Å². The first-order valence-corrected chi connectivity index (χ1v) is 4.33. The molecular weight excluding hydrogens is 194 g/mol. The monoisotopic (exact) mass is 203 g/mol. The third-order valence-electron chi connectivity index (χ3n) is 1.96. The third-order valence-corrected chi connectivity index (χ3v) is 1.96. The minimum absolute atomic E-state index is 0.0589. The summed E-state index contributed by atoms with van der Waals surface area (Å²) in [6.07, 6.45) is 0. The van der Waals surface area contributed by atoms with Gasteiger partial charge in [-0.3, -0.25) is 0 Å². The fourth-order valence-electron chi connectivity index (χ4n) is 1.28. The summed E-state index contributed by atoms with van der Waals surface area (Å²) in [4.78, 5) is 10.7. The molecule has 0 spiro atoms. The first-order valence-electron chi connectivity index (χ1n) is 4.33. The van der Waals surface area contributed by atoms with Crippen LogP contribution < -0.4 is 5.73 Å². The predicted octanol–water partition coefficient (Wildman–Crippen LogP) is 1.15. The molecule has 5 heteroatoms. The normalized spacial score (nSPS) is 10.1. The van der Waals surface area contributed by atoms with Crippen LogP contribution in [0.3, 0.4) is 0 Å². The number of nitrogen functional groups attached to an aromatic ring is 1. The Morgan fingerprint density at radius 3 is 2.53 bits per heavy atom. The standard InChI is InChI=1S/C10H9N3O2/c11-9-6-8(10(14)15)12-13(9)7-4-2-1-3-5-7/h1-6H,11H2,(H,14,15). The van der Waals surface area contributed by atoms with Gasteiger partial charge in [0.15, 0.2) is 5.69 Å². The van der Waals surface area contributed by atoms with Crippen molar-refractivity contribution in [1.82, 2.24) is 9.78 Å². The molecule has 0 saturated heterocycles. The molecule has 15 heavy (non-hydrogen) atoms. The van der Waals surface area contributed by atoms with Crippen LogP contribution in [-0.4, -0.2) is 20.9 Å². The average molecular weight is 203 g/mol. The summed E-state index contributed by atoms with van der Waals surface area (Å²) in [6, 6.07) is 10.5. The van der Waals surface area contributed by atoms with Crippen LogP contribution in [0.25, 0.3) is 5.69 Å². The maximum Gasteiger partial charge on any atom is 0.356 e. The van der Waals surface area contributed by atoms with E-state index in [2.05, 4.69) is 5.10 Å². The molecule has 0 radical (unpaired) electrons. The zero-order chi connectivity index (χ0) is 10.8. The van der Waals surface area contributed by atoms with Crippen molar-refractivity contribution in [2.75, 3.05) is 5.73 Å². The summed E-state index contributed by atoms with van der Waals surface area (Å²) >= 11 is 0. The molecule has 0 unspecified atom stereocenters. The Morgan fingerprint density at radius 2 is 2.00 bits per heavy atom. The fraction of sp³-hybridized carbons (Fsp3) is 0. The number of aromatic nitrogens is 2. The van der Waals surface area contributed by atoms with E-state index in [4.69, 9.17) is 10.8 Å². The van der Waals surface area contributed by atoms with Gasteiger partial charge >= 0.3 is 5.97 Å². The Bertz CT molecular complexity index is 491. The van der Waals surface area contributed by atoms with Crippen LogP contribution in [-0.2, 0) is 0 Å². The van der Waals surface area contributed by atoms with Crippen molar-refractivity contribution in [2.45, 2.75) is 0 Å². The maximum atomic E-state index is 10.7. The Labute approximate surface area is 85.8 Å². The Kier molecular flexibility index (Phi) is 2.13. The van der Waals surface area contributed by atoms with Gasteiger partial charge in [-0.2, -0.15) is 5.10 Å². The summed E-state index contributed by atoms with van der Waals surface area (Å²) in [5.41, 5.74) is 6.33. The molecule has 0 atom stereocenters. The molecule has 0 aliphatic rings. The van der Waals surface area contributed by atoms with Gasteiger partial charge in [0.1, 0.15) is 5.82 Å². The van der Waals surface area contributed by atoms with Crippen LogP contribution in [0.1, 0.15) is 10.5 Å². The molecule has 0 bridgehead atoms. The van der Waals surface area contributed by atoms with Crippen molar-refractivity contribution in [3.05, 3.63) is 42.1 Å². The number of anilines is 1. The topological polar surface area (TPSA) is 81.1 Å². The molecule has 2 rings (SSSR count). The number of benzene rings is 1. The molecule has 1 aromatic carbocycles. The Hall–Kier alpha value is -2.30. The van der Waals surface area contributed by atoms with Gasteiger partial charge in [-0.05, 0) is 12.1 Å². The summed E-state index contributed by atoms with van der Waals surface area (Å²) in [5.74, 6) is -0.782. The van der Waals surface area contributed by atoms with Crippen molar-refractivity contribution >= 4 is 11.8 Å². The van der Waals surface area contributed by atoms with E-state index in [-0.39, 0.29) is 5.69 Å². The Morgan fingerprint density at radius 1 is 1.33 bits per heavy atom. The zero-order valence-corrected chi connectivity index (χ0v) is 7.79. The molecule has 1 heterocycles. The highest BCUT2D eigenvalue weighted by Crippen LogP contribution is 2.13. The van der Waals surface area contributed by atoms with E-state index >= 15 is 0 Å². The van der Waals surface area contributed by atoms with Crippen LogP contribution in [0.2, 0.25) is 0 Å². The van der Waals surface area contributed by atoms with Crippen molar-refractivity contribution in [3.8, 4) is 5.69 Å². The quantitative estimate of drug-likeness (QED) is 0.767. The van der Waals surface area contributed by atoms with Crippen LogP contribution in [0, 0.1) is 0 Å². The van der Waals surface area contributed by atoms with Gasteiger partial charge in [0.25, 0.3) is 0 Å². The van der Waals surface area contributed by atoms with Gasteiger partial charge in [-0.25, -0.2) is 9.48 Å². The van der Waals surface area contributed by atoms with Crippen molar-refractivity contribution in [2.24, 2.45) is 0 Å². The number of rotatable bonds is 2. The maximum absolute atomic E-state index is 10.7. The van der Waals surface area contributed by atoms with Crippen molar-refractivity contribution < 1.29 is 9.90 Å². The molecule has 3 N–H and O–H groups in total. The number of nitrogens with two attached hydrogens (primary N) is 1. The molecule has 0 fully saturated rings. The zero-order valence-electron chi connectivity index (χ0n) is 7.79. The summed E-state index contributed by atoms with van der Waals surface area (Å²) in [5, 5.41) is 12.6. The number of carboxylic acid groups (broad SMARTS) is 1. The van der Waals surface area contributed by atoms with Crippen molar-refractivity contribution in [3.63, 3.8) is 0 Å². The van der Waals surface area contributed by atoms with E-state index in [9.17, 15) is 4.79 Å². The average Bonchev–Trinajstić information content (AvgIpc) is 2.62. The Balaban J connectivity index is 2.50. The highest BCUT2D eigenvalue weighted by Gasteiger charge is 2.11. The number of para-hydroxylation sites is 1. The van der Waals surface area contributed by atoms with E-state index in [1.165, 1.54) is 10.7 Å². The van der Waals surface area contributed by atoms with Gasteiger partial charge in [-0.1, -0.05) is 18.2 Å². The lowest BCUT2D eigenvalue weighted by Gasteiger charge is -2.01. The van der Waals surface area contributed by atoms with E-state index in [1.54, 1.807) is 12.1 Å². The number of hydrogen-bond donors (Lipinski definition) is 2. The minimum atomic E-state index is -1.09. The van der Waals surface area contributed by atoms with Gasteiger partial charge < -0.3 is 10.8 Å². The molecular formula is C10H9N3O2. The smallest absolute Gasteiger partial charge is 0.356 e. The molecule has 0 saturated carbocycles. The predicted molar refractivity (Wildman–Crippen MR) is 54.9 cm³/mol. The van der Waals surface area contributed by atoms with E-state index in [0.717, 1.165) is 5.69 Å². The molecule has 0 aliphatic heterocycles. The van der Waals surface area contributed by atoms with Crippen LogP contribution in [0.4, 0.5) is 5.82 Å². The molecule has 0 amide bonds. The molecule has 5 nitrogen and oxygen atoms in total. The number of carbonyl (C=O) groups is 1. The summed E-state index contributed by atoms with van der Waals surface area (Å²) in [6.45, 7) is 0. The van der Waals surface area contributed by atoms with Crippen LogP contribution in [0.15, 0.2) is 36.4 Å². The van der Waals surface area contributed by atoms with E-state index < -0.39 is 5.97 Å². The highest BCUT2D eigenvalue weighted by atomic mass is 16.4. The second-order valence-electron chi connectivity index (χ2n) is 3.01. The van der Waals surface area contributed by atoms with Crippen LogP contribution >= 0.6 is 0 Å². The third kappa shape index (κ3) is 1.67.